The van der Waals surface area contributed by atoms with E-state index >= 15 is 0 Å². The van der Waals surface area contributed by atoms with E-state index in [1.54, 1.807) is 40.6 Å². The third kappa shape index (κ3) is 5.40. The molecule has 2 aromatic carbocycles. The van der Waals surface area contributed by atoms with Gasteiger partial charge in [-0.1, -0.05) is 25.1 Å². The number of amidine groups is 1. The summed E-state index contributed by atoms with van der Waals surface area (Å²) in [7, 11) is 0. The van der Waals surface area contributed by atoms with Gasteiger partial charge in [-0.15, -0.1) is 11.3 Å². The van der Waals surface area contributed by atoms with Crippen LogP contribution in [-0.2, 0) is 20.9 Å². The molecule has 2 aliphatic rings. The molecule has 4 N–H and O–H groups in total. The summed E-state index contributed by atoms with van der Waals surface area (Å²) in [4.78, 5) is 41.1. The Morgan fingerprint density at radius 1 is 1.08 bits per heavy atom. The lowest BCUT2D eigenvalue weighted by atomic mass is 10.0. The summed E-state index contributed by atoms with van der Waals surface area (Å²) in [5, 5.41) is 11.9. The first-order valence-electron chi connectivity index (χ1n) is 12.2. The predicted molar refractivity (Wildman–Crippen MR) is 142 cm³/mol. The summed E-state index contributed by atoms with van der Waals surface area (Å²) in [5.74, 6) is 0.0707. The van der Waals surface area contributed by atoms with Gasteiger partial charge in [-0.3, -0.25) is 15.0 Å². The van der Waals surface area contributed by atoms with Crippen LogP contribution in [0.5, 0.6) is 11.5 Å². The number of fused-ring (bicyclic) bond motifs is 1. The number of amides is 2. The molecule has 196 valence electrons. The minimum atomic E-state index is -0.690. The second kappa shape index (κ2) is 10.3. The number of nitrogen functional groups attached to an aromatic ring is 1. The molecule has 3 atom stereocenters. The van der Waals surface area contributed by atoms with Crippen molar-refractivity contribution in [1.29, 1.82) is 5.41 Å². The largest absolute Gasteiger partial charge is 0.458 e. The van der Waals surface area contributed by atoms with Gasteiger partial charge in [-0.05, 0) is 60.7 Å². The van der Waals surface area contributed by atoms with Crippen LogP contribution >= 0.6 is 11.3 Å². The highest BCUT2D eigenvalue weighted by Gasteiger charge is 2.64. The van der Waals surface area contributed by atoms with E-state index in [2.05, 4.69) is 12.2 Å². The number of nitrogens with zero attached hydrogens (tertiary/aromatic N) is 1. The van der Waals surface area contributed by atoms with Gasteiger partial charge in [0.1, 0.15) is 30.0 Å². The Balaban J connectivity index is 1.16. The van der Waals surface area contributed by atoms with Crippen molar-refractivity contribution < 1.29 is 23.9 Å². The number of piperidine rings is 1. The van der Waals surface area contributed by atoms with Gasteiger partial charge in [-0.25, -0.2) is 4.79 Å². The highest BCUT2D eigenvalue weighted by molar-refractivity contribution is 7.10. The third-order valence-electron chi connectivity index (χ3n) is 7.01. The van der Waals surface area contributed by atoms with Gasteiger partial charge in [0, 0.05) is 27.4 Å². The Bertz CT molecular complexity index is 1370. The first-order chi connectivity index (χ1) is 18.2. The number of hydrogen-bond donors (Lipinski definition) is 3. The SMILES string of the molecule is C[C@@]12C[C@@H]1N(C(=O)CNC(=O)c1ccc(Oc3ccccc3)cc1)[C@H](C(=O)OCc1cc(C(=N)N)cs1)C2. The number of para-hydroxylation sites is 1. The number of benzene rings is 2. The Kier molecular flexibility index (Phi) is 6.90. The van der Waals surface area contributed by atoms with E-state index in [1.807, 2.05) is 30.3 Å². The second-order valence-corrected chi connectivity index (χ2v) is 10.8. The number of nitrogens with two attached hydrogens (primary N) is 1. The summed E-state index contributed by atoms with van der Waals surface area (Å²) in [6, 6.07) is 17.0. The zero-order chi connectivity index (χ0) is 26.9. The van der Waals surface area contributed by atoms with Crippen molar-refractivity contribution in [3.05, 3.63) is 82.0 Å². The average molecular weight is 533 g/mol. The molecule has 0 bridgehead atoms. The number of rotatable bonds is 9. The van der Waals surface area contributed by atoms with Crippen LogP contribution in [0.25, 0.3) is 0 Å². The van der Waals surface area contributed by atoms with Crippen molar-refractivity contribution in [3.8, 4) is 11.5 Å². The molecule has 0 unspecified atom stereocenters. The Hall–Kier alpha value is -4.18. The maximum absolute atomic E-state index is 13.1. The van der Waals surface area contributed by atoms with Crippen molar-refractivity contribution in [3.63, 3.8) is 0 Å². The van der Waals surface area contributed by atoms with Crippen molar-refractivity contribution in [1.82, 2.24) is 10.2 Å². The van der Waals surface area contributed by atoms with Crippen LogP contribution in [0.4, 0.5) is 0 Å². The zero-order valence-corrected chi connectivity index (χ0v) is 21.6. The van der Waals surface area contributed by atoms with Crippen LogP contribution in [0.15, 0.2) is 66.0 Å². The normalized spacial score (nSPS) is 21.3. The number of thiophene rings is 1. The minimum Gasteiger partial charge on any atom is -0.458 e. The molecule has 10 heteroatoms. The summed E-state index contributed by atoms with van der Waals surface area (Å²) in [5.41, 5.74) is 6.37. The lowest BCUT2D eigenvalue weighted by molar-refractivity contribution is -0.155. The molecule has 1 aliphatic carbocycles. The van der Waals surface area contributed by atoms with Gasteiger partial charge in [0.15, 0.2) is 0 Å². The van der Waals surface area contributed by atoms with Crippen LogP contribution < -0.4 is 15.8 Å². The van der Waals surface area contributed by atoms with Crippen molar-refractivity contribution in [2.75, 3.05) is 6.54 Å². The quantitative estimate of drug-likeness (QED) is 0.219. The standard InChI is InChI=1S/C28H28N4O5S/c1-28-12-22(27(35)36-15-21-11-18(16-38-21)25(29)30)32(23(28)13-28)24(33)14-31-26(34)17-7-9-20(10-8-17)37-19-5-3-2-4-6-19/h2-11,16,22-23H,12-15H2,1H3,(H3,29,30)(H,31,34)/t22-,23-,28+/m0/s1. The maximum Gasteiger partial charge on any atom is 0.329 e. The molecule has 2 fully saturated rings. The molecule has 2 amide bonds. The number of likely N-dealkylation sites (tertiary alicyclic amines) is 1. The van der Waals surface area contributed by atoms with Crippen molar-refractivity contribution in [2.24, 2.45) is 11.1 Å². The molecule has 1 aliphatic heterocycles. The van der Waals surface area contributed by atoms with Gasteiger partial charge < -0.3 is 25.4 Å². The zero-order valence-electron chi connectivity index (χ0n) is 20.8. The van der Waals surface area contributed by atoms with E-state index in [0.717, 1.165) is 11.3 Å². The van der Waals surface area contributed by atoms with Crippen LogP contribution in [0.2, 0.25) is 0 Å². The summed E-state index contributed by atoms with van der Waals surface area (Å²) in [6.45, 7) is 1.89. The summed E-state index contributed by atoms with van der Waals surface area (Å²) >= 11 is 1.35. The highest BCUT2D eigenvalue weighted by Crippen LogP contribution is 2.59. The first kappa shape index (κ1) is 25.5. The lowest BCUT2D eigenvalue weighted by Gasteiger charge is -2.26. The van der Waals surface area contributed by atoms with Gasteiger partial charge in [0.2, 0.25) is 5.91 Å². The molecule has 9 nitrogen and oxygen atoms in total. The number of carbonyl (C=O) groups excluding carboxylic acids is 3. The molecule has 2 heterocycles. The van der Waals surface area contributed by atoms with Gasteiger partial charge in [0.25, 0.3) is 5.91 Å². The smallest absolute Gasteiger partial charge is 0.329 e. The van der Waals surface area contributed by atoms with Gasteiger partial charge in [0.05, 0.1) is 6.54 Å². The molecule has 1 aromatic heterocycles. The Morgan fingerprint density at radius 3 is 2.47 bits per heavy atom. The number of esters is 1. The van der Waals surface area contributed by atoms with Crippen LogP contribution in [0.3, 0.4) is 0 Å². The molecular formula is C28H28N4O5S. The average Bonchev–Trinajstić information content (AvgIpc) is 3.23. The van der Waals surface area contributed by atoms with E-state index in [-0.39, 0.29) is 42.3 Å². The molecule has 38 heavy (non-hydrogen) atoms. The molecule has 0 spiro atoms. The maximum atomic E-state index is 13.1. The van der Waals surface area contributed by atoms with E-state index in [1.165, 1.54) is 11.3 Å². The van der Waals surface area contributed by atoms with E-state index in [9.17, 15) is 14.4 Å². The van der Waals surface area contributed by atoms with Crippen molar-refractivity contribution >= 4 is 35.0 Å². The Labute approximate surface area is 224 Å². The number of ether oxygens (including phenoxy) is 2. The fourth-order valence-electron chi connectivity index (χ4n) is 4.82. The van der Waals surface area contributed by atoms with Gasteiger partial charge >= 0.3 is 5.97 Å². The first-order valence-corrected chi connectivity index (χ1v) is 13.1. The Morgan fingerprint density at radius 2 is 1.79 bits per heavy atom. The molecule has 0 radical (unpaired) electrons. The van der Waals surface area contributed by atoms with Gasteiger partial charge in [-0.2, -0.15) is 0 Å². The second-order valence-electron chi connectivity index (χ2n) is 9.84. The molecule has 1 saturated heterocycles. The van der Waals surface area contributed by atoms with E-state index < -0.39 is 12.0 Å². The fraction of sp³-hybridized carbons (Fsp3) is 0.286. The third-order valence-corrected chi connectivity index (χ3v) is 7.92. The van der Waals surface area contributed by atoms with Crippen molar-refractivity contribution in [2.45, 2.75) is 38.5 Å². The molecule has 1 saturated carbocycles. The molecular weight excluding hydrogens is 504 g/mol. The highest BCUT2D eigenvalue weighted by atomic mass is 32.1. The van der Waals surface area contributed by atoms with Crippen LogP contribution in [-0.4, -0.2) is 47.1 Å². The monoisotopic (exact) mass is 532 g/mol. The molecule has 3 aromatic rings. The number of carbonyl (C=O) groups is 3. The van der Waals surface area contributed by atoms with E-state index in [4.69, 9.17) is 20.6 Å². The molecule has 5 rings (SSSR count). The fourth-order valence-corrected chi connectivity index (χ4v) is 5.62. The lowest BCUT2D eigenvalue weighted by Crippen LogP contribution is -2.48. The van der Waals surface area contributed by atoms with E-state index in [0.29, 0.717) is 29.0 Å². The number of hydrogen-bond acceptors (Lipinski definition) is 7. The van der Waals surface area contributed by atoms with Crippen LogP contribution in [0.1, 0.15) is 40.6 Å². The summed E-state index contributed by atoms with van der Waals surface area (Å²) in [6.07, 6.45) is 1.36. The minimum absolute atomic E-state index is 0.0371. The number of nitrogens with one attached hydrogen (secondary N) is 2. The topological polar surface area (TPSA) is 135 Å². The van der Waals surface area contributed by atoms with Crippen LogP contribution in [0, 0.1) is 10.8 Å². The predicted octanol–water partition coefficient (Wildman–Crippen LogP) is 3.68. The summed E-state index contributed by atoms with van der Waals surface area (Å²) < 4.78 is 11.3.